The van der Waals surface area contributed by atoms with Crippen LogP contribution in [0.1, 0.15) is 13.2 Å². The maximum absolute atomic E-state index is 11.0. The van der Waals surface area contributed by atoms with Gasteiger partial charge < -0.3 is 25.0 Å². The van der Waals surface area contributed by atoms with Crippen molar-refractivity contribution in [1.29, 1.82) is 0 Å². The van der Waals surface area contributed by atoms with E-state index in [-0.39, 0.29) is 12.4 Å². The van der Waals surface area contributed by atoms with Crippen LogP contribution in [0, 0.1) is 0 Å². The van der Waals surface area contributed by atoms with E-state index in [0.717, 1.165) is 4.90 Å². The number of rotatable bonds is 6. The fourth-order valence-corrected chi connectivity index (χ4v) is 2.92. The lowest BCUT2D eigenvalue weighted by atomic mass is 10.1. The van der Waals surface area contributed by atoms with Crippen molar-refractivity contribution >= 4 is 35.2 Å². The van der Waals surface area contributed by atoms with Gasteiger partial charge >= 0.3 is 0 Å². The summed E-state index contributed by atoms with van der Waals surface area (Å²) in [5.74, 6) is 0.271. The molecule has 3 rings (SSSR count). The molecule has 0 saturated carbocycles. The molecular weight excluding hydrogens is 356 g/mol. The Kier molecular flexibility index (Phi) is 5.01. The number of likely N-dealkylation sites (N-methyl/N-ethyl adjacent to an activating group) is 1. The number of carbonyl (C=O) groups is 1. The Morgan fingerprint density at radius 1 is 1.44 bits per heavy atom. The number of imidazole rings is 1. The van der Waals surface area contributed by atoms with E-state index in [9.17, 15) is 20.1 Å². The SMILES string of the molecule is CCN(C=O)C(O)[C@H]1O[C@@H](n2cnc3c(NCl)ncnc32)[C@H](O)[C@@H]1O. The molecule has 0 aliphatic carbocycles. The molecule has 12 heteroatoms. The van der Waals surface area contributed by atoms with E-state index in [1.165, 1.54) is 17.2 Å². The van der Waals surface area contributed by atoms with Gasteiger partial charge in [-0.1, -0.05) is 0 Å². The van der Waals surface area contributed by atoms with E-state index < -0.39 is 30.8 Å². The summed E-state index contributed by atoms with van der Waals surface area (Å²) in [6.45, 7) is 1.87. The lowest BCUT2D eigenvalue weighted by molar-refractivity contribution is -0.152. The zero-order chi connectivity index (χ0) is 18.1. The van der Waals surface area contributed by atoms with Gasteiger partial charge in [-0.15, -0.1) is 0 Å². The summed E-state index contributed by atoms with van der Waals surface area (Å²) in [5, 5.41) is 30.8. The zero-order valence-electron chi connectivity index (χ0n) is 13.1. The summed E-state index contributed by atoms with van der Waals surface area (Å²) in [4.78, 5) is 26.5. The molecule has 1 aliphatic heterocycles. The van der Waals surface area contributed by atoms with Crippen LogP contribution >= 0.6 is 11.8 Å². The van der Waals surface area contributed by atoms with Gasteiger partial charge in [0.15, 0.2) is 29.4 Å². The Balaban J connectivity index is 1.93. The van der Waals surface area contributed by atoms with Crippen LogP contribution in [-0.4, -0.2) is 77.2 Å². The molecule has 136 valence electrons. The number of aromatic nitrogens is 4. The zero-order valence-corrected chi connectivity index (χ0v) is 13.9. The maximum Gasteiger partial charge on any atom is 0.211 e. The molecule has 25 heavy (non-hydrogen) atoms. The minimum atomic E-state index is -1.42. The quantitative estimate of drug-likeness (QED) is 0.279. The number of ether oxygens (including phenoxy) is 1. The first-order valence-corrected chi connectivity index (χ1v) is 7.86. The third kappa shape index (κ3) is 2.89. The number of anilines is 1. The first-order valence-electron chi connectivity index (χ1n) is 7.48. The topological polar surface area (TPSA) is 146 Å². The monoisotopic (exact) mass is 372 g/mol. The number of halogens is 1. The third-order valence-electron chi connectivity index (χ3n) is 4.13. The number of nitrogens with one attached hydrogen (secondary N) is 1. The predicted octanol–water partition coefficient (Wildman–Crippen LogP) is -1.19. The molecule has 2 aromatic rings. The van der Waals surface area contributed by atoms with Crippen molar-refractivity contribution in [1.82, 2.24) is 24.4 Å². The van der Waals surface area contributed by atoms with Crippen molar-refractivity contribution in [3.05, 3.63) is 12.7 Å². The minimum absolute atomic E-state index is 0.212. The summed E-state index contributed by atoms with van der Waals surface area (Å²) in [6.07, 6.45) is -3.42. The lowest BCUT2D eigenvalue weighted by Crippen LogP contribution is -2.48. The highest BCUT2D eigenvalue weighted by atomic mass is 35.5. The second kappa shape index (κ2) is 7.06. The Labute approximate surface area is 146 Å². The highest BCUT2D eigenvalue weighted by Crippen LogP contribution is 2.34. The first kappa shape index (κ1) is 17.8. The first-order chi connectivity index (χ1) is 12.0. The van der Waals surface area contributed by atoms with E-state index in [1.54, 1.807) is 6.92 Å². The summed E-state index contributed by atoms with van der Waals surface area (Å²) in [5.41, 5.74) is 0.655. The average Bonchev–Trinajstić information content (AvgIpc) is 3.17. The molecule has 1 unspecified atom stereocenters. The molecule has 1 saturated heterocycles. The van der Waals surface area contributed by atoms with Crippen molar-refractivity contribution < 1.29 is 24.9 Å². The molecule has 0 aromatic carbocycles. The van der Waals surface area contributed by atoms with Crippen LogP contribution in [0.5, 0.6) is 0 Å². The number of aliphatic hydroxyl groups is 3. The Hall–Kier alpha value is -2.05. The largest absolute Gasteiger partial charge is 0.387 e. The van der Waals surface area contributed by atoms with Crippen LogP contribution < -0.4 is 4.84 Å². The van der Waals surface area contributed by atoms with Gasteiger partial charge in [-0.3, -0.25) is 14.2 Å². The minimum Gasteiger partial charge on any atom is -0.387 e. The van der Waals surface area contributed by atoms with Gasteiger partial charge in [0.1, 0.15) is 24.6 Å². The van der Waals surface area contributed by atoms with E-state index in [4.69, 9.17) is 16.5 Å². The van der Waals surface area contributed by atoms with E-state index in [0.29, 0.717) is 17.6 Å². The summed E-state index contributed by atoms with van der Waals surface area (Å²) >= 11 is 5.58. The van der Waals surface area contributed by atoms with Crippen LogP contribution in [-0.2, 0) is 9.53 Å². The number of carbonyl (C=O) groups excluding carboxylic acids is 1. The number of amides is 1. The van der Waals surface area contributed by atoms with Gasteiger partial charge in [-0.05, 0) is 6.92 Å². The van der Waals surface area contributed by atoms with Gasteiger partial charge in [0.25, 0.3) is 0 Å². The smallest absolute Gasteiger partial charge is 0.211 e. The standard InChI is InChI=1S/C13H17ClN6O5/c1-2-19(5-21)12(24)9-7(22)8(23)13(25-9)20-4-17-6-10(18-14)15-3-16-11(6)20/h3-5,7-9,12-13,22-24H,2H2,1H3,(H,15,16,18)/t7-,8+,9-,12?,13+/m0/s1. The summed E-state index contributed by atoms with van der Waals surface area (Å²) in [7, 11) is 0. The summed E-state index contributed by atoms with van der Waals surface area (Å²) in [6, 6.07) is 0. The van der Waals surface area contributed by atoms with Crippen LogP contribution in [0.2, 0.25) is 0 Å². The van der Waals surface area contributed by atoms with Gasteiger partial charge in [0.05, 0.1) is 6.33 Å². The number of hydrogen-bond acceptors (Lipinski definition) is 9. The number of nitrogens with zero attached hydrogens (tertiary/aromatic N) is 5. The predicted molar refractivity (Wildman–Crippen MR) is 85.2 cm³/mol. The molecular formula is C13H17ClN6O5. The average molecular weight is 373 g/mol. The van der Waals surface area contributed by atoms with Crippen molar-refractivity contribution in [2.75, 3.05) is 11.4 Å². The Morgan fingerprint density at radius 2 is 2.20 bits per heavy atom. The molecule has 2 aromatic heterocycles. The molecule has 0 bridgehead atoms. The fourth-order valence-electron chi connectivity index (χ4n) is 2.78. The van der Waals surface area contributed by atoms with Gasteiger partial charge in [-0.2, -0.15) is 0 Å². The van der Waals surface area contributed by atoms with E-state index in [1.807, 2.05) is 0 Å². The lowest BCUT2D eigenvalue weighted by Gasteiger charge is -2.28. The van der Waals surface area contributed by atoms with Crippen LogP contribution in [0.15, 0.2) is 12.7 Å². The van der Waals surface area contributed by atoms with Crippen molar-refractivity contribution in [2.24, 2.45) is 0 Å². The highest BCUT2D eigenvalue weighted by molar-refractivity contribution is 6.24. The molecule has 1 amide bonds. The maximum atomic E-state index is 11.0. The number of aliphatic hydroxyl groups excluding tert-OH is 3. The van der Waals surface area contributed by atoms with Crippen LogP contribution in [0.3, 0.4) is 0 Å². The molecule has 0 spiro atoms. The molecule has 4 N–H and O–H groups in total. The van der Waals surface area contributed by atoms with Crippen molar-refractivity contribution in [3.8, 4) is 0 Å². The third-order valence-corrected chi connectivity index (χ3v) is 4.31. The van der Waals surface area contributed by atoms with Crippen molar-refractivity contribution in [2.45, 2.75) is 37.7 Å². The molecule has 11 nitrogen and oxygen atoms in total. The number of hydrogen-bond donors (Lipinski definition) is 4. The molecule has 1 fully saturated rings. The van der Waals surface area contributed by atoms with Crippen LogP contribution in [0.25, 0.3) is 11.2 Å². The molecule has 1 aliphatic rings. The van der Waals surface area contributed by atoms with Gasteiger partial charge in [-0.25, -0.2) is 15.0 Å². The fraction of sp³-hybridized carbons (Fsp3) is 0.538. The Bertz CT molecular complexity index is 760. The molecule has 3 heterocycles. The van der Waals surface area contributed by atoms with E-state index >= 15 is 0 Å². The Morgan fingerprint density at radius 3 is 2.84 bits per heavy atom. The second-order valence-corrected chi connectivity index (χ2v) is 5.65. The van der Waals surface area contributed by atoms with Gasteiger partial charge in [0, 0.05) is 18.3 Å². The highest BCUT2D eigenvalue weighted by Gasteiger charge is 2.48. The van der Waals surface area contributed by atoms with Crippen LogP contribution in [0.4, 0.5) is 5.82 Å². The van der Waals surface area contributed by atoms with Gasteiger partial charge in [0.2, 0.25) is 6.41 Å². The molecule has 0 radical (unpaired) electrons. The number of fused-ring (bicyclic) bond motifs is 1. The molecule has 5 atom stereocenters. The second-order valence-electron chi connectivity index (χ2n) is 5.46. The normalized spacial score (nSPS) is 27.4. The van der Waals surface area contributed by atoms with E-state index in [2.05, 4.69) is 19.8 Å². The summed E-state index contributed by atoms with van der Waals surface area (Å²) < 4.78 is 7.01. The van der Waals surface area contributed by atoms with Crippen molar-refractivity contribution in [3.63, 3.8) is 0 Å².